The van der Waals surface area contributed by atoms with Crippen molar-refractivity contribution in [2.75, 3.05) is 13.1 Å². The van der Waals surface area contributed by atoms with Crippen LogP contribution in [0.2, 0.25) is 0 Å². The summed E-state index contributed by atoms with van der Waals surface area (Å²) in [7, 11) is 0. The number of aromatic nitrogens is 2. The van der Waals surface area contributed by atoms with Gasteiger partial charge in [-0.15, -0.1) is 0 Å². The number of benzene rings is 1. The van der Waals surface area contributed by atoms with Crippen LogP contribution in [0.25, 0.3) is 10.9 Å². The second-order valence-electron chi connectivity index (χ2n) is 3.92. The Balaban J connectivity index is 1.98. The van der Waals surface area contributed by atoms with E-state index in [1.807, 2.05) is 6.07 Å². The fraction of sp³-hybridized carbons (Fsp3) is 0.333. The Hall–Kier alpha value is -1.88. The molecule has 0 aliphatic carbocycles. The molecule has 2 rings (SSSR count). The van der Waals surface area contributed by atoms with E-state index < -0.39 is 0 Å². The van der Waals surface area contributed by atoms with Crippen molar-refractivity contribution in [3.8, 4) is 0 Å². The van der Waals surface area contributed by atoms with Crippen LogP contribution in [0.4, 0.5) is 0 Å². The summed E-state index contributed by atoms with van der Waals surface area (Å²) in [6.07, 6.45) is 3.58. The topological polar surface area (TPSA) is 83.8 Å². The number of H-pyrrole nitrogens is 1. The lowest BCUT2D eigenvalue weighted by Gasteiger charge is -2.04. The fourth-order valence-electron chi connectivity index (χ4n) is 1.65. The van der Waals surface area contributed by atoms with Gasteiger partial charge in [-0.25, -0.2) is 0 Å². The predicted molar refractivity (Wildman–Crippen MR) is 66.7 cm³/mol. The third kappa shape index (κ3) is 2.82. The number of unbranched alkanes of at least 4 members (excludes halogenated alkanes) is 1. The monoisotopic (exact) mass is 232 g/mol. The van der Waals surface area contributed by atoms with Crippen molar-refractivity contribution in [1.29, 1.82) is 0 Å². The van der Waals surface area contributed by atoms with Crippen molar-refractivity contribution >= 4 is 16.8 Å². The Morgan fingerprint density at radius 3 is 3.12 bits per heavy atom. The molecule has 2 aromatic rings. The predicted octanol–water partition coefficient (Wildman–Crippen LogP) is 1.03. The molecular formula is C12H16N4O. The molecule has 1 aromatic heterocycles. The number of hydrogen-bond donors (Lipinski definition) is 3. The minimum Gasteiger partial charge on any atom is -0.352 e. The lowest BCUT2D eigenvalue weighted by atomic mass is 10.1. The molecule has 1 amide bonds. The van der Waals surface area contributed by atoms with E-state index in [2.05, 4.69) is 15.5 Å². The molecule has 4 N–H and O–H groups in total. The summed E-state index contributed by atoms with van der Waals surface area (Å²) in [6, 6.07) is 5.49. The average Bonchev–Trinajstić information content (AvgIpc) is 2.81. The van der Waals surface area contributed by atoms with Gasteiger partial charge in [-0.1, -0.05) is 6.07 Å². The van der Waals surface area contributed by atoms with Gasteiger partial charge >= 0.3 is 0 Å². The minimum atomic E-state index is -0.0569. The smallest absolute Gasteiger partial charge is 0.251 e. The Morgan fingerprint density at radius 1 is 1.41 bits per heavy atom. The van der Waals surface area contributed by atoms with Crippen LogP contribution in [0.15, 0.2) is 24.4 Å². The van der Waals surface area contributed by atoms with Gasteiger partial charge in [-0.05, 0) is 31.5 Å². The first-order chi connectivity index (χ1) is 8.31. The standard InChI is InChI=1S/C12H16N4O/c13-5-1-2-6-14-12(17)9-3-4-10-8-15-16-11(10)7-9/h3-4,7-8H,1-2,5-6,13H2,(H,14,17)(H,15,16). The van der Waals surface area contributed by atoms with Crippen LogP contribution in [-0.2, 0) is 0 Å². The molecule has 1 aromatic carbocycles. The van der Waals surface area contributed by atoms with Crippen LogP contribution < -0.4 is 11.1 Å². The molecule has 0 atom stereocenters. The molecule has 0 aliphatic heterocycles. The van der Waals surface area contributed by atoms with Crippen molar-refractivity contribution in [3.63, 3.8) is 0 Å². The number of aromatic amines is 1. The molecule has 0 saturated carbocycles. The average molecular weight is 232 g/mol. The number of rotatable bonds is 5. The number of nitrogens with zero attached hydrogens (tertiary/aromatic N) is 1. The van der Waals surface area contributed by atoms with Gasteiger partial charge in [0.25, 0.3) is 5.91 Å². The maximum atomic E-state index is 11.8. The van der Waals surface area contributed by atoms with Crippen molar-refractivity contribution in [2.45, 2.75) is 12.8 Å². The molecule has 0 unspecified atom stereocenters. The Kier molecular flexibility index (Phi) is 3.72. The highest BCUT2D eigenvalue weighted by atomic mass is 16.1. The second-order valence-corrected chi connectivity index (χ2v) is 3.92. The maximum Gasteiger partial charge on any atom is 0.251 e. The van der Waals surface area contributed by atoms with Gasteiger partial charge in [-0.2, -0.15) is 5.10 Å². The molecule has 1 heterocycles. The second kappa shape index (κ2) is 5.45. The summed E-state index contributed by atoms with van der Waals surface area (Å²) in [6.45, 7) is 1.33. The van der Waals surface area contributed by atoms with Gasteiger partial charge in [0, 0.05) is 17.5 Å². The van der Waals surface area contributed by atoms with Crippen LogP contribution in [0, 0.1) is 0 Å². The van der Waals surface area contributed by atoms with Crippen LogP contribution in [0.5, 0.6) is 0 Å². The van der Waals surface area contributed by atoms with E-state index >= 15 is 0 Å². The SMILES string of the molecule is NCCCCNC(=O)c1ccc2cn[nH]c2c1. The number of nitrogens with one attached hydrogen (secondary N) is 2. The zero-order valence-corrected chi connectivity index (χ0v) is 9.57. The molecule has 90 valence electrons. The van der Waals surface area contributed by atoms with E-state index in [1.54, 1.807) is 18.3 Å². The molecule has 5 heteroatoms. The van der Waals surface area contributed by atoms with E-state index in [4.69, 9.17) is 5.73 Å². The van der Waals surface area contributed by atoms with Gasteiger partial charge in [-0.3, -0.25) is 9.89 Å². The van der Waals surface area contributed by atoms with E-state index in [9.17, 15) is 4.79 Å². The minimum absolute atomic E-state index is 0.0569. The molecular weight excluding hydrogens is 216 g/mol. The summed E-state index contributed by atoms with van der Waals surface area (Å²) in [5.74, 6) is -0.0569. The lowest BCUT2D eigenvalue weighted by Crippen LogP contribution is -2.24. The molecule has 0 spiro atoms. The van der Waals surface area contributed by atoms with Gasteiger partial charge in [0.1, 0.15) is 0 Å². The largest absolute Gasteiger partial charge is 0.352 e. The Morgan fingerprint density at radius 2 is 2.29 bits per heavy atom. The summed E-state index contributed by atoms with van der Waals surface area (Å²) in [5.41, 5.74) is 6.91. The number of fused-ring (bicyclic) bond motifs is 1. The Labute approximate surface area is 99.4 Å². The van der Waals surface area contributed by atoms with Crippen LogP contribution in [-0.4, -0.2) is 29.2 Å². The van der Waals surface area contributed by atoms with Gasteiger partial charge in [0.2, 0.25) is 0 Å². The third-order valence-electron chi connectivity index (χ3n) is 2.62. The third-order valence-corrected chi connectivity index (χ3v) is 2.62. The summed E-state index contributed by atoms with van der Waals surface area (Å²) >= 11 is 0. The van der Waals surface area contributed by atoms with Crippen molar-refractivity contribution in [2.24, 2.45) is 5.73 Å². The fourth-order valence-corrected chi connectivity index (χ4v) is 1.65. The molecule has 0 saturated heterocycles. The number of nitrogens with two attached hydrogens (primary N) is 1. The lowest BCUT2D eigenvalue weighted by molar-refractivity contribution is 0.0953. The molecule has 0 fully saturated rings. The van der Waals surface area contributed by atoms with Crippen LogP contribution >= 0.6 is 0 Å². The highest BCUT2D eigenvalue weighted by molar-refractivity contribution is 5.97. The van der Waals surface area contributed by atoms with E-state index in [0.29, 0.717) is 18.7 Å². The van der Waals surface area contributed by atoms with Crippen molar-refractivity contribution in [1.82, 2.24) is 15.5 Å². The molecule has 0 aliphatic rings. The van der Waals surface area contributed by atoms with Gasteiger partial charge in [0.05, 0.1) is 11.7 Å². The summed E-state index contributed by atoms with van der Waals surface area (Å²) in [5, 5.41) is 10.6. The molecule has 17 heavy (non-hydrogen) atoms. The first kappa shape index (κ1) is 11.6. The van der Waals surface area contributed by atoms with Crippen LogP contribution in [0.1, 0.15) is 23.2 Å². The highest BCUT2D eigenvalue weighted by Crippen LogP contribution is 2.12. The van der Waals surface area contributed by atoms with E-state index in [0.717, 1.165) is 23.7 Å². The van der Waals surface area contributed by atoms with Gasteiger partial charge in [0.15, 0.2) is 0 Å². The number of hydrogen-bond acceptors (Lipinski definition) is 3. The number of carbonyl (C=O) groups excluding carboxylic acids is 1. The molecule has 0 bridgehead atoms. The Bertz CT molecular complexity index is 506. The first-order valence-corrected chi connectivity index (χ1v) is 5.72. The van der Waals surface area contributed by atoms with E-state index in [-0.39, 0.29) is 5.91 Å². The summed E-state index contributed by atoms with van der Waals surface area (Å²) in [4.78, 5) is 11.8. The first-order valence-electron chi connectivity index (χ1n) is 5.72. The normalized spacial score (nSPS) is 10.6. The van der Waals surface area contributed by atoms with Crippen LogP contribution in [0.3, 0.4) is 0 Å². The zero-order valence-electron chi connectivity index (χ0n) is 9.57. The number of carbonyl (C=O) groups is 1. The van der Waals surface area contributed by atoms with Gasteiger partial charge < -0.3 is 11.1 Å². The summed E-state index contributed by atoms with van der Waals surface area (Å²) < 4.78 is 0. The number of amides is 1. The zero-order chi connectivity index (χ0) is 12.1. The quantitative estimate of drug-likeness (QED) is 0.673. The highest BCUT2D eigenvalue weighted by Gasteiger charge is 2.06. The van der Waals surface area contributed by atoms with E-state index in [1.165, 1.54) is 0 Å². The van der Waals surface area contributed by atoms with Crippen molar-refractivity contribution in [3.05, 3.63) is 30.0 Å². The van der Waals surface area contributed by atoms with Crippen molar-refractivity contribution < 1.29 is 4.79 Å². The molecule has 5 nitrogen and oxygen atoms in total. The molecule has 0 radical (unpaired) electrons. The maximum absolute atomic E-state index is 11.8.